The molecule has 0 spiro atoms. The van der Waals surface area contributed by atoms with Crippen LogP contribution < -0.4 is 5.11 Å². The van der Waals surface area contributed by atoms with Gasteiger partial charge in [-0.3, -0.25) is 0 Å². The molecule has 0 saturated heterocycles. The second-order valence-corrected chi connectivity index (χ2v) is 2.87. The number of halogens is 1. The molecule has 1 aromatic carbocycles. The molecule has 4 nitrogen and oxygen atoms in total. The third kappa shape index (κ3) is 1.85. The second-order valence-electron chi connectivity index (χ2n) is 2.87. The topological polar surface area (TPSA) is 66.2 Å². The van der Waals surface area contributed by atoms with Gasteiger partial charge < -0.3 is 14.4 Å². The highest BCUT2D eigenvalue weighted by Crippen LogP contribution is 2.19. The summed E-state index contributed by atoms with van der Waals surface area (Å²) >= 11 is 0. The predicted molar refractivity (Wildman–Crippen MR) is 46.2 cm³/mol. The van der Waals surface area contributed by atoms with Gasteiger partial charge in [0, 0.05) is 11.6 Å². The number of carboxylic acid groups (broad SMARTS) is 1. The molecule has 0 bridgehead atoms. The van der Waals surface area contributed by atoms with Crippen LogP contribution in [0, 0.1) is 5.82 Å². The SMILES string of the molecule is O=C([O-])c1cc(-c2cccc(F)c2)no1. The van der Waals surface area contributed by atoms with Crippen molar-refractivity contribution in [1.29, 1.82) is 0 Å². The minimum absolute atomic E-state index is 0.258. The average Bonchev–Trinajstić information content (AvgIpc) is 2.66. The molecular formula is C10H5FNO3-. The van der Waals surface area contributed by atoms with Crippen molar-refractivity contribution in [3.63, 3.8) is 0 Å². The Morgan fingerprint density at radius 2 is 2.20 bits per heavy atom. The van der Waals surface area contributed by atoms with Gasteiger partial charge in [-0.1, -0.05) is 17.3 Å². The first kappa shape index (κ1) is 9.39. The van der Waals surface area contributed by atoms with Crippen LogP contribution in [0.25, 0.3) is 11.3 Å². The lowest BCUT2D eigenvalue weighted by atomic mass is 10.1. The zero-order valence-electron chi connectivity index (χ0n) is 7.44. The molecule has 0 atom stereocenters. The van der Waals surface area contributed by atoms with Crippen molar-refractivity contribution in [3.8, 4) is 11.3 Å². The van der Waals surface area contributed by atoms with Crippen molar-refractivity contribution in [1.82, 2.24) is 5.16 Å². The molecule has 0 fully saturated rings. The van der Waals surface area contributed by atoms with E-state index in [1.54, 1.807) is 6.07 Å². The lowest BCUT2D eigenvalue weighted by Gasteiger charge is -1.94. The summed E-state index contributed by atoms with van der Waals surface area (Å²) in [6.07, 6.45) is 0. The Morgan fingerprint density at radius 3 is 2.80 bits per heavy atom. The minimum atomic E-state index is -1.45. The number of carbonyl (C=O) groups is 1. The van der Waals surface area contributed by atoms with Crippen LogP contribution in [0.4, 0.5) is 4.39 Å². The summed E-state index contributed by atoms with van der Waals surface area (Å²) in [7, 11) is 0. The normalized spacial score (nSPS) is 10.2. The maximum atomic E-state index is 12.8. The molecule has 5 heteroatoms. The van der Waals surface area contributed by atoms with E-state index < -0.39 is 11.8 Å². The molecule has 0 aliphatic rings. The number of carbonyl (C=O) groups excluding carboxylic acids is 1. The largest absolute Gasteiger partial charge is 0.541 e. The van der Waals surface area contributed by atoms with Gasteiger partial charge in [0.05, 0.1) is 0 Å². The van der Waals surface area contributed by atoms with E-state index in [0.717, 1.165) is 0 Å². The average molecular weight is 206 g/mol. The Bertz CT molecular complexity index is 507. The fraction of sp³-hybridized carbons (Fsp3) is 0. The Kier molecular flexibility index (Phi) is 2.21. The summed E-state index contributed by atoms with van der Waals surface area (Å²) in [5.74, 6) is -2.26. The van der Waals surface area contributed by atoms with Crippen LogP contribution >= 0.6 is 0 Å². The van der Waals surface area contributed by atoms with E-state index in [1.807, 2.05) is 0 Å². The summed E-state index contributed by atoms with van der Waals surface area (Å²) < 4.78 is 17.3. The molecule has 15 heavy (non-hydrogen) atoms. The van der Waals surface area contributed by atoms with Gasteiger partial charge in [0.25, 0.3) is 0 Å². The zero-order chi connectivity index (χ0) is 10.8. The first-order valence-electron chi connectivity index (χ1n) is 4.11. The first-order chi connectivity index (χ1) is 7.16. The molecule has 2 aromatic rings. The van der Waals surface area contributed by atoms with Crippen molar-refractivity contribution in [2.75, 3.05) is 0 Å². The van der Waals surface area contributed by atoms with Gasteiger partial charge in [-0.2, -0.15) is 0 Å². The molecule has 1 heterocycles. The predicted octanol–water partition coefficient (Wildman–Crippen LogP) is 0.844. The zero-order valence-corrected chi connectivity index (χ0v) is 7.44. The first-order valence-corrected chi connectivity index (χ1v) is 4.11. The standard InChI is InChI=1S/C10H6FNO3/c11-7-3-1-2-6(4-7)8-5-9(10(13)14)15-12-8/h1-5H,(H,13,14)/p-1. The smallest absolute Gasteiger partial charge is 0.182 e. The number of hydrogen-bond acceptors (Lipinski definition) is 4. The lowest BCUT2D eigenvalue weighted by molar-refractivity contribution is -0.257. The van der Waals surface area contributed by atoms with Gasteiger partial charge in [-0.25, -0.2) is 4.39 Å². The molecule has 0 aliphatic carbocycles. The summed E-state index contributed by atoms with van der Waals surface area (Å²) in [6.45, 7) is 0. The fourth-order valence-corrected chi connectivity index (χ4v) is 1.16. The quantitative estimate of drug-likeness (QED) is 0.730. The van der Waals surface area contributed by atoms with Crippen LogP contribution in [0.5, 0.6) is 0 Å². The monoisotopic (exact) mass is 206 g/mol. The molecule has 0 amide bonds. The highest BCUT2D eigenvalue weighted by Gasteiger charge is 2.07. The summed E-state index contributed by atoms with van der Waals surface area (Å²) in [6, 6.07) is 6.79. The second kappa shape index (κ2) is 3.53. The third-order valence-corrected chi connectivity index (χ3v) is 1.83. The van der Waals surface area contributed by atoms with Crippen molar-refractivity contribution in [3.05, 3.63) is 41.9 Å². The van der Waals surface area contributed by atoms with Crippen LogP contribution in [-0.2, 0) is 0 Å². The number of benzene rings is 1. The van der Waals surface area contributed by atoms with Gasteiger partial charge in [-0.05, 0) is 12.1 Å². The maximum Gasteiger partial charge on any atom is 0.182 e. The molecular weight excluding hydrogens is 201 g/mol. The number of nitrogens with zero attached hydrogens (tertiary/aromatic N) is 1. The molecule has 0 unspecified atom stereocenters. The van der Waals surface area contributed by atoms with Crippen molar-refractivity contribution >= 4 is 5.97 Å². The third-order valence-electron chi connectivity index (χ3n) is 1.83. The van der Waals surface area contributed by atoms with Crippen LogP contribution in [0.2, 0.25) is 0 Å². The van der Waals surface area contributed by atoms with E-state index in [2.05, 4.69) is 9.68 Å². The number of aromatic nitrogens is 1. The van der Waals surface area contributed by atoms with Gasteiger partial charge in [0.2, 0.25) is 0 Å². The number of aromatic carboxylic acids is 1. The summed E-state index contributed by atoms with van der Waals surface area (Å²) in [5, 5.41) is 13.9. The molecule has 0 aliphatic heterocycles. The van der Waals surface area contributed by atoms with Crippen LogP contribution in [0.1, 0.15) is 10.6 Å². The van der Waals surface area contributed by atoms with Crippen LogP contribution in [-0.4, -0.2) is 11.1 Å². The molecule has 0 radical (unpaired) electrons. The van der Waals surface area contributed by atoms with Crippen molar-refractivity contribution < 1.29 is 18.8 Å². The highest BCUT2D eigenvalue weighted by molar-refractivity contribution is 5.83. The van der Waals surface area contributed by atoms with E-state index in [0.29, 0.717) is 5.56 Å². The van der Waals surface area contributed by atoms with Crippen molar-refractivity contribution in [2.24, 2.45) is 0 Å². The van der Waals surface area contributed by atoms with E-state index in [-0.39, 0.29) is 11.5 Å². The molecule has 2 rings (SSSR count). The Labute approximate surface area is 83.9 Å². The Morgan fingerprint density at radius 1 is 1.40 bits per heavy atom. The Balaban J connectivity index is 2.41. The number of hydrogen-bond donors (Lipinski definition) is 0. The molecule has 0 N–H and O–H groups in total. The molecule has 0 saturated carbocycles. The van der Waals surface area contributed by atoms with Gasteiger partial charge in [-0.15, -0.1) is 0 Å². The van der Waals surface area contributed by atoms with Gasteiger partial charge in [0.15, 0.2) is 5.76 Å². The molecule has 1 aromatic heterocycles. The lowest BCUT2D eigenvalue weighted by Crippen LogP contribution is -2.21. The van der Waals surface area contributed by atoms with E-state index in [1.165, 1.54) is 24.3 Å². The van der Waals surface area contributed by atoms with Gasteiger partial charge >= 0.3 is 0 Å². The van der Waals surface area contributed by atoms with Crippen LogP contribution in [0.15, 0.2) is 34.9 Å². The Hall–Kier alpha value is -2.17. The summed E-state index contributed by atoms with van der Waals surface area (Å²) in [5.41, 5.74) is 0.708. The van der Waals surface area contributed by atoms with Gasteiger partial charge in [0.1, 0.15) is 17.5 Å². The van der Waals surface area contributed by atoms with Crippen molar-refractivity contribution in [2.45, 2.75) is 0 Å². The fourth-order valence-electron chi connectivity index (χ4n) is 1.16. The maximum absolute atomic E-state index is 12.8. The van der Waals surface area contributed by atoms with Crippen LogP contribution in [0.3, 0.4) is 0 Å². The van der Waals surface area contributed by atoms with E-state index >= 15 is 0 Å². The summed E-state index contributed by atoms with van der Waals surface area (Å²) in [4.78, 5) is 10.4. The van der Waals surface area contributed by atoms with E-state index in [9.17, 15) is 14.3 Å². The minimum Gasteiger partial charge on any atom is -0.541 e. The molecule has 76 valence electrons. The highest BCUT2D eigenvalue weighted by atomic mass is 19.1. The number of rotatable bonds is 2. The van der Waals surface area contributed by atoms with E-state index in [4.69, 9.17) is 0 Å². The number of carboxylic acids is 1.